The Balaban J connectivity index is 1.73. The van der Waals surface area contributed by atoms with Crippen molar-refractivity contribution in [2.75, 3.05) is 5.01 Å². The molecule has 5 nitrogen and oxygen atoms in total. The van der Waals surface area contributed by atoms with Crippen LogP contribution in [0.2, 0.25) is 10.0 Å². The smallest absolute Gasteiger partial charge is 0.433 e. The number of para-hydroxylation sites is 1. The first-order valence-corrected chi connectivity index (χ1v) is 6.83. The van der Waals surface area contributed by atoms with Gasteiger partial charge in [0.2, 0.25) is 0 Å². The number of halogens is 2. The lowest BCUT2D eigenvalue weighted by Crippen LogP contribution is -2.39. The van der Waals surface area contributed by atoms with Crippen molar-refractivity contribution < 1.29 is 14.3 Å². The molecule has 21 heavy (non-hydrogen) atoms. The molecule has 108 valence electrons. The van der Waals surface area contributed by atoms with Crippen LogP contribution in [0.1, 0.15) is 0 Å². The quantitative estimate of drug-likeness (QED) is 0.932. The number of benzene rings is 2. The molecule has 7 heteroatoms. The molecule has 0 saturated carbocycles. The summed E-state index contributed by atoms with van der Waals surface area (Å²) in [5.74, 6) is 0.519. The number of hydrogen-bond donors (Lipinski definition) is 1. The molecule has 0 aliphatic carbocycles. The Bertz CT molecular complexity index is 664. The number of nitrogens with one attached hydrogen (secondary N) is 1. The fourth-order valence-corrected chi connectivity index (χ4v) is 2.16. The van der Waals surface area contributed by atoms with E-state index in [1.54, 1.807) is 48.5 Å². The minimum absolute atomic E-state index is 0.425. The summed E-state index contributed by atoms with van der Waals surface area (Å²) in [6.45, 7) is 0. The summed E-state index contributed by atoms with van der Waals surface area (Å²) in [6.07, 6.45) is -1.53. The van der Waals surface area contributed by atoms with E-state index in [-0.39, 0.29) is 0 Å². The molecule has 1 fully saturated rings. The lowest BCUT2D eigenvalue weighted by Gasteiger charge is -2.15. The highest BCUT2D eigenvalue weighted by Crippen LogP contribution is 2.27. The van der Waals surface area contributed by atoms with Gasteiger partial charge in [-0.05, 0) is 36.4 Å². The second-order valence-corrected chi connectivity index (χ2v) is 5.05. The van der Waals surface area contributed by atoms with Crippen LogP contribution >= 0.6 is 23.2 Å². The number of nitrogens with zero attached hydrogens (tertiary/aromatic N) is 1. The van der Waals surface area contributed by atoms with E-state index in [9.17, 15) is 4.79 Å². The highest BCUT2D eigenvalue weighted by molar-refractivity contribution is 6.33. The van der Waals surface area contributed by atoms with Gasteiger partial charge < -0.3 is 9.47 Å². The van der Waals surface area contributed by atoms with Crippen LogP contribution in [0.15, 0.2) is 48.5 Å². The molecule has 0 radical (unpaired) electrons. The summed E-state index contributed by atoms with van der Waals surface area (Å²) < 4.78 is 10.6. The molecule has 1 heterocycles. The lowest BCUT2D eigenvalue weighted by atomic mass is 10.3. The van der Waals surface area contributed by atoms with Gasteiger partial charge in [-0.1, -0.05) is 35.3 Å². The number of rotatable bonds is 3. The number of hydrazine groups is 1. The van der Waals surface area contributed by atoms with Gasteiger partial charge in [-0.3, -0.25) is 0 Å². The maximum absolute atomic E-state index is 11.9. The van der Waals surface area contributed by atoms with Crippen molar-refractivity contribution in [3.63, 3.8) is 0 Å². The predicted molar refractivity (Wildman–Crippen MR) is 79.4 cm³/mol. The van der Waals surface area contributed by atoms with Crippen molar-refractivity contribution in [3.8, 4) is 5.75 Å². The summed E-state index contributed by atoms with van der Waals surface area (Å²) in [4.78, 5) is 11.9. The topological polar surface area (TPSA) is 50.8 Å². The third-order valence-corrected chi connectivity index (χ3v) is 3.35. The Hall–Kier alpha value is -1.95. The van der Waals surface area contributed by atoms with Gasteiger partial charge in [0, 0.05) is 5.02 Å². The number of amides is 1. The van der Waals surface area contributed by atoms with E-state index >= 15 is 0 Å². The maximum Gasteiger partial charge on any atom is 0.433 e. The molecule has 1 atom stereocenters. The van der Waals surface area contributed by atoms with Crippen molar-refractivity contribution in [2.24, 2.45) is 0 Å². The molecule has 1 aliphatic rings. The van der Waals surface area contributed by atoms with E-state index in [1.807, 2.05) is 0 Å². The Kier molecular flexibility index (Phi) is 3.88. The molecule has 1 amide bonds. The van der Waals surface area contributed by atoms with E-state index in [0.717, 1.165) is 0 Å². The molecule has 1 N–H and O–H groups in total. The van der Waals surface area contributed by atoms with Crippen LogP contribution in [-0.4, -0.2) is 12.5 Å². The first-order chi connectivity index (χ1) is 10.1. The fourth-order valence-electron chi connectivity index (χ4n) is 1.82. The molecule has 0 spiro atoms. The fraction of sp³-hybridized carbons (Fsp3) is 0.0714. The van der Waals surface area contributed by atoms with Gasteiger partial charge in [-0.25, -0.2) is 9.80 Å². The standard InChI is InChI=1S/C14H10Cl2N2O3/c15-9-5-7-10(8-6-9)20-13-17-18(14(19)21-13)12-4-2-1-3-11(12)16/h1-8,13,17H. The van der Waals surface area contributed by atoms with Gasteiger partial charge in [0.05, 0.1) is 10.7 Å². The highest BCUT2D eigenvalue weighted by atomic mass is 35.5. The summed E-state index contributed by atoms with van der Waals surface area (Å²) in [7, 11) is 0. The zero-order chi connectivity index (χ0) is 14.8. The average molecular weight is 325 g/mol. The number of carbonyl (C=O) groups is 1. The maximum atomic E-state index is 11.9. The van der Waals surface area contributed by atoms with E-state index < -0.39 is 12.5 Å². The summed E-state index contributed by atoms with van der Waals surface area (Å²) in [5.41, 5.74) is 3.27. The second kappa shape index (κ2) is 5.81. The SMILES string of the molecule is O=C1OC(Oc2ccc(Cl)cc2)NN1c1ccccc1Cl. The molecular weight excluding hydrogens is 315 g/mol. The number of carbonyl (C=O) groups excluding carboxylic acids is 1. The van der Waals surface area contributed by atoms with E-state index in [2.05, 4.69) is 5.43 Å². The van der Waals surface area contributed by atoms with Crippen molar-refractivity contribution in [1.29, 1.82) is 0 Å². The van der Waals surface area contributed by atoms with Gasteiger partial charge in [0.25, 0.3) is 0 Å². The molecule has 1 aliphatic heterocycles. The van der Waals surface area contributed by atoms with Crippen molar-refractivity contribution in [1.82, 2.24) is 5.43 Å². The van der Waals surface area contributed by atoms with Gasteiger partial charge >= 0.3 is 12.5 Å². The minimum Gasteiger partial charge on any atom is -0.440 e. The number of ether oxygens (including phenoxy) is 2. The van der Waals surface area contributed by atoms with Gasteiger partial charge in [0.1, 0.15) is 5.75 Å². The van der Waals surface area contributed by atoms with Crippen LogP contribution in [0.5, 0.6) is 5.75 Å². The molecular formula is C14H10Cl2N2O3. The van der Waals surface area contributed by atoms with Gasteiger partial charge in [0.15, 0.2) is 0 Å². The van der Waals surface area contributed by atoms with E-state index in [1.165, 1.54) is 5.01 Å². The molecule has 0 aromatic heterocycles. The average Bonchev–Trinajstić information content (AvgIpc) is 2.83. The zero-order valence-electron chi connectivity index (χ0n) is 10.6. The summed E-state index contributed by atoms with van der Waals surface area (Å²) >= 11 is 11.8. The van der Waals surface area contributed by atoms with Crippen LogP contribution in [0.25, 0.3) is 0 Å². The Morgan fingerprint density at radius 2 is 1.81 bits per heavy atom. The normalized spacial score (nSPS) is 17.7. The molecule has 2 aromatic carbocycles. The summed E-state index contributed by atoms with van der Waals surface area (Å²) in [5, 5.41) is 2.22. The number of cyclic esters (lactones) is 1. The molecule has 3 rings (SSSR count). The predicted octanol–water partition coefficient (Wildman–Crippen LogP) is 3.82. The molecule has 1 saturated heterocycles. The van der Waals surface area contributed by atoms with E-state index in [0.29, 0.717) is 21.5 Å². The molecule has 0 bridgehead atoms. The second-order valence-electron chi connectivity index (χ2n) is 4.20. The van der Waals surface area contributed by atoms with Crippen LogP contribution < -0.4 is 15.2 Å². The van der Waals surface area contributed by atoms with Gasteiger partial charge in [-0.15, -0.1) is 0 Å². The van der Waals surface area contributed by atoms with Crippen LogP contribution in [0.4, 0.5) is 10.5 Å². The Morgan fingerprint density at radius 3 is 2.52 bits per heavy atom. The molecule has 2 aromatic rings. The number of hydrogen-bond acceptors (Lipinski definition) is 4. The minimum atomic E-state index is -0.935. The van der Waals surface area contributed by atoms with Crippen molar-refractivity contribution in [2.45, 2.75) is 6.41 Å². The van der Waals surface area contributed by atoms with E-state index in [4.69, 9.17) is 32.7 Å². The molecule has 1 unspecified atom stereocenters. The van der Waals surface area contributed by atoms with Crippen LogP contribution in [0.3, 0.4) is 0 Å². The van der Waals surface area contributed by atoms with Crippen molar-refractivity contribution in [3.05, 3.63) is 58.6 Å². The highest BCUT2D eigenvalue weighted by Gasteiger charge is 2.34. The number of anilines is 1. The lowest BCUT2D eigenvalue weighted by molar-refractivity contribution is -0.0187. The zero-order valence-corrected chi connectivity index (χ0v) is 12.1. The first kappa shape index (κ1) is 14.0. The Labute approximate surface area is 130 Å². The third kappa shape index (κ3) is 3.05. The van der Waals surface area contributed by atoms with Crippen LogP contribution in [0, 0.1) is 0 Å². The monoisotopic (exact) mass is 324 g/mol. The third-order valence-electron chi connectivity index (χ3n) is 2.78. The van der Waals surface area contributed by atoms with Crippen molar-refractivity contribution >= 4 is 35.0 Å². The van der Waals surface area contributed by atoms with Gasteiger partial charge in [-0.2, -0.15) is 5.43 Å². The van der Waals surface area contributed by atoms with Crippen LogP contribution in [-0.2, 0) is 4.74 Å². The first-order valence-electron chi connectivity index (χ1n) is 6.07. The Morgan fingerprint density at radius 1 is 1.10 bits per heavy atom. The summed E-state index contributed by atoms with van der Waals surface area (Å²) in [6, 6.07) is 13.6. The largest absolute Gasteiger partial charge is 0.440 e.